The highest BCUT2D eigenvalue weighted by molar-refractivity contribution is 5.98. The maximum atomic E-state index is 11.8. The molecule has 22 heavy (non-hydrogen) atoms. The molecule has 0 saturated heterocycles. The SMILES string of the molecule is CCc1ccc(C(=O)O)c(NC(=O)OCc2ccccc2)c1. The zero-order valence-corrected chi connectivity index (χ0v) is 12.2. The molecule has 0 heterocycles. The van der Waals surface area contributed by atoms with Crippen LogP contribution in [0.3, 0.4) is 0 Å². The third-order valence-electron chi connectivity index (χ3n) is 3.17. The number of carbonyl (C=O) groups excluding carboxylic acids is 1. The highest BCUT2D eigenvalue weighted by Crippen LogP contribution is 2.19. The summed E-state index contributed by atoms with van der Waals surface area (Å²) < 4.78 is 5.10. The van der Waals surface area contributed by atoms with E-state index in [1.165, 1.54) is 6.07 Å². The van der Waals surface area contributed by atoms with Gasteiger partial charge in [-0.2, -0.15) is 0 Å². The Morgan fingerprint density at radius 3 is 2.45 bits per heavy atom. The second-order valence-corrected chi connectivity index (χ2v) is 4.73. The van der Waals surface area contributed by atoms with Crippen LogP contribution in [0.4, 0.5) is 10.5 Å². The largest absolute Gasteiger partial charge is 0.478 e. The first-order valence-corrected chi connectivity index (χ1v) is 6.94. The molecule has 5 heteroatoms. The van der Waals surface area contributed by atoms with Gasteiger partial charge >= 0.3 is 12.1 Å². The van der Waals surface area contributed by atoms with E-state index in [0.29, 0.717) is 0 Å². The summed E-state index contributed by atoms with van der Waals surface area (Å²) in [5.74, 6) is -1.10. The van der Waals surface area contributed by atoms with Gasteiger partial charge in [0.25, 0.3) is 0 Å². The number of carbonyl (C=O) groups is 2. The number of rotatable bonds is 5. The standard InChI is InChI=1S/C17H17NO4/c1-2-12-8-9-14(16(19)20)15(10-12)18-17(21)22-11-13-6-4-3-5-7-13/h3-10H,2,11H2,1H3,(H,18,21)(H,19,20). The van der Waals surface area contributed by atoms with Gasteiger partial charge in [-0.15, -0.1) is 0 Å². The van der Waals surface area contributed by atoms with Gasteiger partial charge in [-0.05, 0) is 29.7 Å². The molecule has 0 radical (unpaired) electrons. The van der Waals surface area contributed by atoms with Crippen LogP contribution in [-0.4, -0.2) is 17.2 Å². The monoisotopic (exact) mass is 299 g/mol. The molecule has 0 aliphatic heterocycles. The van der Waals surface area contributed by atoms with Crippen LogP contribution in [-0.2, 0) is 17.8 Å². The van der Waals surface area contributed by atoms with Crippen LogP contribution in [0.25, 0.3) is 0 Å². The zero-order chi connectivity index (χ0) is 15.9. The number of carboxylic acids is 1. The summed E-state index contributed by atoms with van der Waals surface area (Å²) in [6.07, 6.45) is 0.0628. The molecule has 0 aliphatic carbocycles. The topological polar surface area (TPSA) is 75.6 Å². The van der Waals surface area contributed by atoms with Crippen LogP contribution in [0.1, 0.15) is 28.4 Å². The lowest BCUT2D eigenvalue weighted by Gasteiger charge is -2.11. The van der Waals surface area contributed by atoms with Crippen LogP contribution >= 0.6 is 0 Å². The van der Waals surface area contributed by atoms with E-state index in [1.54, 1.807) is 12.1 Å². The molecular weight excluding hydrogens is 282 g/mol. The first-order chi connectivity index (χ1) is 10.6. The van der Waals surface area contributed by atoms with Crippen LogP contribution in [0.5, 0.6) is 0 Å². The number of nitrogens with one attached hydrogen (secondary N) is 1. The molecule has 114 valence electrons. The van der Waals surface area contributed by atoms with E-state index in [1.807, 2.05) is 37.3 Å². The zero-order valence-electron chi connectivity index (χ0n) is 12.2. The maximum Gasteiger partial charge on any atom is 0.411 e. The summed E-state index contributed by atoms with van der Waals surface area (Å²) in [7, 11) is 0. The summed E-state index contributed by atoms with van der Waals surface area (Å²) in [5, 5.41) is 11.7. The predicted molar refractivity (Wildman–Crippen MR) is 83.0 cm³/mol. The number of ether oxygens (including phenoxy) is 1. The van der Waals surface area contributed by atoms with Crippen LogP contribution in [0.15, 0.2) is 48.5 Å². The molecule has 0 aliphatic rings. The maximum absolute atomic E-state index is 11.8. The molecule has 2 aromatic rings. The van der Waals surface area contributed by atoms with Crippen molar-refractivity contribution in [2.75, 3.05) is 5.32 Å². The fourth-order valence-corrected chi connectivity index (χ4v) is 1.97. The van der Waals surface area contributed by atoms with Gasteiger partial charge < -0.3 is 9.84 Å². The third kappa shape index (κ3) is 4.09. The number of hydrogen-bond acceptors (Lipinski definition) is 3. The van der Waals surface area contributed by atoms with E-state index < -0.39 is 12.1 Å². The minimum absolute atomic E-state index is 0.0360. The normalized spacial score (nSPS) is 10.0. The smallest absolute Gasteiger partial charge is 0.411 e. The van der Waals surface area contributed by atoms with Gasteiger partial charge in [0.2, 0.25) is 0 Å². The lowest BCUT2D eigenvalue weighted by molar-refractivity contribution is 0.0698. The molecule has 5 nitrogen and oxygen atoms in total. The van der Waals surface area contributed by atoms with Gasteiger partial charge in [0.15, 0.2) is 0 Å². The Morgan fingerprint density at radius 2 is 1.82 bits per heavy atom. The Labute approximate surface area is 128 Å². The van der Waals surface area contributed by atoms with E-state index in [9.17, 15) is 9.59 Å². The van der Waals surface area contributed by atoms with Gasteiger partial charge in [0.1, 0.15) is 6.61 Å². The van der Waals surface area contributed by atoms with Crippen molar-refractivity contribution in [2.24, 2.45) is 0 Å². The number of amides is 1. The molecule has 0 spiro atoms. The minimum Gasteiger partial charge on any atom is -0.478 e. The summed E-state index contributed by atoms with van der Waals surface area (Å²) in [6, 6.07) is 14.1. The van der Waals surface area contributed by atoms with Crippen LogP contribution in [0.2, 0.25) is 0 Å². The van der Waals surface area contributed by atoms with Gasteiger partial charge in [0, 0.05) is 0 Å². The van der Waals surface area contributed by atoms with Crippen molar-refractivity contribution in [1.29, 1.82) is 0 Å². The second-order valence-electron chi connectivity index (χ2n) is 4.73. The second kappa shape index (κ2) is 7.26. The number of anilines is 1. The molecule has 2 rings (SSSR count). The summed E-state index contributed by atoms with van der Waals surface area (Å²) in [6.45, 7) is 2.08. The molecule has 2 aromatic carbocycles. The van der Waals surface area contributed by atoms with Gasteiger partial charge in [0.05, 0.1) is 11.3 Å². The van der Waals surface area contributed by atoms with E-state index in [-0.39, 0.29) is 17.9 Å². The van der Waals surface area contributed by atoms with Crippen molar-refractivity contribution in [3.8, 4) is 0 Å². The van der Waals surface area contributed by atoms with Crippen molar-refractivity contribution in [1.82, 2.24) is 0 Å². The van der Waals surface area contributed by atoms with Crippen molar-refractivity contribution < 1.29 is 19.4 Å². The Morgan fingerprint density at radius 1 is 1.09 bits per heavy atom. The number of aromatic carboxylic acids is 1. The lowest BCUT2D eigenvalue weighted by atomic mass is 10.1. The Kier molecular flexibility index (Phi) is 5.14. The Bertz CT molecular complexity index is 668. The quantitative estimate of drug-likeness (QED) is 0.882. The molecule has 2 N–H and O–H groups in total. The molecular formula is C17H17NO4. The fraction of sp³-hybridized carbons (Fsp3) is 0.176. The van der Waals surface area contributed by atoms with E-state index in [2.05, 4.69) is 5.32 Å². The average molecular weight is 299 g/mol. The number of carboxylic acid groups (broad SMARTS) is 1. The molecule has 0 aromatic heterocycles. The Hall–Kier alpha value is -2.82. The van der Waals surface area contributed by atoms with Gasteiger partial charge in [-0.3, -0.25) is 5.32 Å². The minimum atomic E-state index is -1.10. The highest BCUT2D eigenvalue weighted by atomic mass is 16.5. The lowest BCUT2D eigenvalue weighted by Crippen LogP contribution is -2.16. The van der Waals surface area contributed by atoms with Gasteiger partial charge in [-0.1, -0.05) is 43.3 Å². The van der Waals surface area contributed by atoms with Crippen LogP contribution < -0.4 is 5.32 Å². The van der Waals surface area contributed by atoms with Crippen molar-refractivity contribution in [2.45, 2.75) is 20.0 Å². The summed E-state index contributed by atoms with van der Waals surface area (Å²) in [5.41, 5.74) is 2.07. The molecule has 0 fully saturated rings. The number of hydrogen-bond donors (Lipinski definition) is 2. The molecule has 0 bridgehead atoms. The summed E-state index contributed by atoms with van der Waals surface area (Å²) >= 11 is 0. The molecule has 0 atom stereocenters. The van der Waals surface area contributed by atoms with Crippen LogP contribution in [0, 0.1) is 0 Å². The van der Waals surface area contributed by atoms with E-state index in [0.717, 1.165) is 17.5 Å². The van der Waals surface area contributed by atoms with E-state index in [4.69, 9.17) is 9.84 Å². The third-order valence-corrected chi connectivity index (χ3v) is 3.17. The first kappa shape index (κ1) is 15.6. The predicted octanol–water partition coefficient (Wildman–Crippen LogP) is 3.70. The number of benzene rings is 2. The van der Waals surface area contributed by atoms with Gasteiger partial charge in [-0.25, -0.2) is 9.59 Å². The average Bonchev–Trinajstić information content (AvgIpc) is 2.53. The van der Waals surface area contributed by atoms with Crippen molar-refractivity contribution >= 4 is 17.7 Å². The fourth-order valence-electron chi connectivity index (χ4n) is 1.97. The van der Waals surface area contributed by atoms with Crippen molar-refractivity contribution in [3.05, 3.63) is 65.2 Å². The van der Waals surface area contributed by atoms with Crippen molar-refractivity contribution in [3.63, 3.8) is 0 Å². The highest BCUT2D eigenvalue weighted by Gasteiger charge is 2.13. The molecule has 1 amide bonds. The first-order valence-electron chi connectivity index (χ1n) is 6.94. The molecule has 0 unspecified atom stereocenters. The summed E-state index contributed by atoms with van der Waals surface area (Å²) in [4.78, 5) is 23.0. The number of aryl methyl sites for hydroxylation is 1. The van der Waals surface area contributed by atoms with E-state index >= 15 is 0 Å². The molecule has 0 saturated carbocycles. The Balaban J connectivity index is 2.05.